The molecule has 0 aliphatic heterocycles. The Morgan fingerprint density at radius 2 is 1.84 bits per heavy atom. The van der Waals surface area contributed by atoms with Crippen LogP contribution in [0.5, 0.6) is 0 Å². The van der Waals surface area contributed by atoms with Gasteiger partial charge in [-0.05, 0) is 61.4 Å². The van der Waals surface area contributed by atoms with E-state index in [0.29, 0.717) is 11.3 Å². The van der Waals surface area contributed by atoms with E-state index in [1.54, 1.807) is 0 Å². The van der Waals surface area contributed by atoms with Crippen molar-refractivity contribution in [2.45, 2.75) is 41.0 Å². The van der Waals surface area contributed by atoms with Crippen molar-refractivity contribution in [3.05, 3.63) is 47.7 Å². The highest BCUT2D eigenvalue weighted by Gasteiger charge is 2.47. The van der Waals surface area contributed by atoms with Gasteiger partial charge in [0.1, 0.15) is 0 Å². The van der Waals surface area contributed by atoms with Gasteiger partial charge in [0.15, 0.2) is 0 Å². The Balaban J connectivity index is 2.22. The largest absolute Gasteiger partial charge is 0.359 e. The van der Waals surface area contributed by atoms with Crippen LogP contribution in [0.25, 0.3) is 5.57 Å². The summed E-state index contributed by atoms with van der Waals surface area (Å²) in [4.78, 5) is 0. The van der Waals surface area contributed by atoms with Crippen molar-refractivity contribution < 1.29 is 0 Å². The predicted molar refractivity (Wildman–Crippen MR) is 85.3 cm³/mol. The number of hydrogen-bond acceptors (Lipinski definition) is 1. The van der Waals surface area contributed by atoms with Crippen molar-refractivity contribution in [3.8, 4) is 0 Å². The zero-order valence-corrected chi connectivity index (χ0v) is 12.9. The van der Waals surface area contributed by atoms with Gasteiger partial charge in [-0.25, -0.2) is 0 Å². The van der Waals surface area contributed by atoms with Crippen molar-refractivity contribution in [1.29, 1.82) is 0 Å². The molecular weight excluding hydrogens is 230 g/mol. The summed E-state index contributed by atoms with van der Waals surface area (Å²) in [5.41, 5.74) is 7.66. The first-order chi connectivity index (χ1) is 8.72. The zero-order chi connectivity index (χ0) is 14.4. The van der Waals surface area contributed by atoms with Crippen molar-refractivity contribution >= 4 is 11.3 Å². The summed E-state index contributed by atoms with van der Waals surface area (Å²) in [6, 6.07) is 4.38. The van der Waals surface area contributed by atoms with Crippen LogP contribution in [0.2, 0.25) is 0 Å². The van der Waals surface area contributed by atoms with E-state index in [1.165, 1.54) is 23.1 Å². The smallest absolute Gasteiger partial charge is 0.0390 e. The molecule has 0 heterocycles. The molecule has 1 N–H and O–H groups in total. The number of hydrogen-bond donors (Lipinski definition) is 1. The normalized spacial score (nSPS) is 19.9. The summed E-state index contributed by atoms with van der Waals surface area (Å²) < 4.78 is 0. The SMILES string of the molecule is C=C(C)c1cc(NC(=C)C2CC2(C)C)cc(C)c1C. The third kappa shape index (κ3) is 2.75. The van der Waals surface area contributed by atoms with E-state index in [1.807, 2.05) is 0 Å². The molecule has 0 bridgehead atoms. The summed E-state index contributed by atoms with van der Waals surface area (Å²) in [6.07, 6.45) is 1.23. The fourth-order valence-electron chi connectivity index (χ4n) is 2.71. The van der Waals surface area contributed by atoms with Crippen LogP contribution in [-0.2, 0) is 0 Å². The zero-order valence-electron chi connectivity index (χ0n) is 12.9. The van der Waals surface area contributed by atoms with E-state index in [2.05, 4.69) is 65.2 Å². The van der Waals surface area contributed by atoms with Gasteiger partial charge in [-0.2, -0.15) is 0 Å². The van der Waals surface area contributed by atoms with Crippen LogP contribution in [0.15, 0.2) is 31.0 Å². The van der Waals surface area contributed by atoms with Gasteiger partial charge in [-0.15, -0.1) is 0 Å². The lowest BCUT2D eigenvalue weighted by molar-refractivity contribution is 0.599. The van der Waals surface area contributed by atoms with Gasteiger partial charge in [-0.3, -0.25) is 0 Å². The van der Waals surface area contributed by atoms with E-state index in [-0.39, 0.29) is 0 Å². The van der Waals surface area contributed by atoms with Crippen LogP contribution in [0.3, 0.4) is 0 Å². The second-order valence-electron chi connectivity index (χ2n) is 6.64. The Morgan fingerprint density at radius 3 is 2.32 bits per heavy atom. The molecule has 1 saturated carbocycles. The summed E-state index contributed by atoms with van der Waals surface area (Å²) in [5.74, 6) is 0.599. The van der Waals surface area contributed by atoms with Gasteiger partial charge >= 0.3 is 0 Å². The highest BCUT2D eigenvalue weighted by molar-refractivity contribution is 5.70. The minimum absolute atomic E-state index is 0.418. The molecule has 0 radical (unpaired) electrons. The number of aryl methyl sites for hydroxylation is 1. The lowest BCUT2D eigenvalue weighted by atomic mass is 9.97. The Hall–Kier alpha value is -1.50. The van der Waals surface area contributed by atoms with Gasteiger partial charge in [0.25, 0.3) is 0 Å². The molecule has 1 aliphatic rings. The number of nitrogens with one attached hydrogen (secondary N) is 1. The third-order valence-electron chi connectivity index (χ3n) is 4.37. The summed E-state index contributed by atoms with van der Waals surface area (Å²) in [6.45, 7) is 19.2. The van der Waals surface area contributed by atoms with Gasteiger partial charge in [0.2, 0.25) is 0 Å². The molecule has 2 rings (SSSR count). The van der Waals surface area contributed by atoms with Crippen molar-refractivity contribution in [3.63, 3.8) is 0 Å². The lowest BCUT2D eigenvalue weighted by Crippen LogP contribution is -2.05. The molecule has 1 aromatic rings. The Labute approximate surface area is 117 Å². The van der Waals surface area contributed by atoms with E-state index in [9.17, 15) is 0 Å². The average molecular weight is 255 g/mol. The minimum atomic E-state index is 0.418. The van der Waals surface area contributed by atoms with E-state index in [4.69, 9.17) is 0 Å². The van der Waals surface area contributed by atoms with Crippen LogP contribution in [0, 0.1) is 25.2 Å². The molecule has 1 aliphatic carbocycles. The standard InChI is InChI=1S/C18H25N/c1-11(2)16-9-15(8-12(3)13(16)4)19-14(5)17-10-18(17,6)7/h8-9,17,19H,1,5,10H2,2-4,6-7H3. The van der Waals surface area contributed by atoms with Crippen LogP contribution in [0.1, 0.15) is 43.9 Å². The van der Waals surface area contributed by atoms with Crippen LogP contribution in [0.4, 0.5) is 5.69 Å². The second-order valence-corrected chi connectivity index (χ2v) is 6.64. The predicted octanol–water partition coefficient (Wildman–Crippen LogP) is 5.31. The second kappa shape index (κ2) is 4.56. The topological polar surface area (TPSA) is 12.0 Å². The monoisotopic (exact) mass is 255 g/mol. The lowest BCUT2D eigenvalue weighted by Gasteiger charge is -2.16. The first kappa shape index (κ1) is 13.9. The fourth-order valence-corrected chi connectivity index (χ4v) is 2.71. The highest BCUT2D eigenvalue weighted by atomic mass is 14.9. The molecule has 19 heavy (non-hydrogen) atoms. The molecule has 1 unspecified atom stereocenters. The molecule has 1 nitrogen and oxygen atoms in total. The van der Waals surface area contributed by atoms with Gasteiger partial charge in [0.05, 0.1) is 0 Å². The Morgan fingerprint density at radius 1 is 1.26 bits per heavy atom. The van der Waals surface area contributed by atoms with Gasteiger partial charge < -0.3 is 5.32 Å². The Kier molecular flexibility index (Phi) is 3.34. The first-order valence-corrected chi connectivity index (χ1v) is 6.95. The van der Waals surface area contributed by atoms with E-state index >= 15 is 0 Å². The van der Waals surface area contributed by atoms with Crippen LogP contribution < -0.4 is 5.32 Å². The molecule has 1 fully saturated rings. The van der Waals surface area contributed by atoms with Gasteiger partial charge in [-0.1, -0.05) is 32.6 Å². The first-order valence-electron chi connectivity index (χ1n) is 6.95. The van der Waals surface area contributed by atoms with E-state index in [0.717, 1.165) is 17.0 Å². The van der Waals surface area contributed by atoms with E-state index < -0.39 is 0 Å². The summed E-state index contributed by atoms with van der Waals surface area (Å²) in [5, 5.41) is 3.49. The summed E-state index contributed by atoms with van der Waals surface area (Å²) >= 11 is 0. The minimum Gasteiger partial charge on any atom is -0.359 e. The number of allylic oxidation sites excluding steroid dienone is 2. The van der Waals surface area contributed by atoms with Crippen LogP contribution >= 0.6 is 0 Å². The maximum absolute atomic E-state index is 4.20. The fraction of sp³-hybridized carbons (Fsp3) is 0.444. The molecule has 1 atom stereocenters. The molecule has 1 aromatic carbocycles. The van der Waals surface area contributed by atoms with Crippen molar-refractivity contribution in [1.82, 2.24) is 0 Å². The molecule has 0 aromatic heterocycles. The highest BCUT2D eigenvalue weighted by Crippen LogP contribution is 2.55. The maximum Gasteiger partial charge on any atom is 0.0390 e. The molecule has 1 heteroatoms. The van der Waals surface area contributed by atoms with Crippen molar-refractivity contribution in [2.24, 2.45) is 11.3 Å². The molecular formula is C18H25N. The van der Waals surface area contributed by atoms with Crippen molar-refractivity contribution in [2.75, 3.05) is 5.32 Å². The van der Waals surface area contributed by atoms with Gasteiger partial charge in [0, 0.05) is 17.3 Å². The average Bonchev–Trinajstić information content (AvgIpc) is 2.92. The summed E-state index contributed by atoms with van der Waals surface area (Å²) in [7, 11) is 0. The third-order valence-corrected chi connectivity index (χ3v) is 4.37. The molecule has 0 amide bonds. The molecule has 102 valence electrons. The maximum atomic E-state index is 4.20. The quantitative estimate of drug-likeness (QED) is 0.769. The molecule has 0 saturated heterocycles. The molecule has 0 spiro atoms. The Bertz CT molecular complexity index is 549. The number of anilines is 1. The number of benzene rings is 1. The van der Waals surface area contributed by atoms with Crippen LogP contribution in [-0.4, -0.2) is 0 Å². The number of rotatable bonds is 4.